The summed E-state index contributed by atoms with van der Waals surface area (Å²) in [7, 11) is 1.25. The number of methoxy groups -OCH3 is 1. The molecule has 4 N–H and O–H groups in total. The van der Waals surface area contributed by atoms with Crippen molar-refractivity contribution in [2.24, 2.45) is 0 Å². The molecule has 6 rings (SSSR count). The van der Waals surface area contributed by atoms with Gasteiger partial charge in [-0.1, -0.05) is 78.9 Å². The number of aromatic amines is 1. The second-order valence-electron chi connectivity index (χ2n) is 10.8. The Balaban J connectivity index is 0.000000256. The molecule has 1 aliphatic heterocycles. The van der Waals surface area contributed by atoms with E-state index in [9.17, 15) is 9.59 Å². The first-order valence-corrected chi connectivity index (χ1v) is 15.1. The summed E-state index contributed by atoms with van der Waals surface area (Å²) in [5.41, 5.74) is 6.45. The van der Waals surface area contributed by atoms with Gasteiger partial charge in [-0.3, -0.25) is 4.79 Å². The molecule has 9 heteroatoms. The van der Waals surface area contributed by atoms with Gasteiger partial charge in [-0.25, -0.2) is 9.78 Å². The topological polar surface area (TPSA) is 117 Å². The molecule has 1 aliphatic rings. The van der Waals surface area contributed by atoms with Crippen LogP contribution in [-0.4, -0.2) is 54.9 Å². The number of para-hydroxylation sites is 1. The van der Waals surface area contributed by atoms with E-state index in [0.29, 0.717) is 6.61 Å². The molecule has 0 saturated carbocycles. The maximum atomic E-state index is 12.1. The number of alkyl carbamates (subject to hydrolysis) is 1. The largest absolute Gasteiger partial charge is 0.453 e. The average Bonchev–Trinajstić information content (AvgIpc) is 3.53. The predicted octanol–water partition coefficient (Wildman–Crippen LogP) is 5.80. The van der Waals surface area contributed by atoms with Gasteiger partial charge in [0.1, 0.15) is 12.2 Å². The molecule has 2 aromatic heterocycles. The number of benzene rings is 3. The van der Waals surface area contributed by atoms with Crippen LogP contribution in [0.25, 0.3) is 11.0 Å². The average molecular weight is 606 g/mol. The van der Waals surface area contributed by atoms with Crippen molar-refractivity contribution in [1.82, 2.24) is 20.6 Å². The van der Waals surface area contributed by atoms with Crippen molar-refractivity contribution in [2.75, 3.05) is 32.1 Å². The summed E-state index contributed by atoms with van der Waals surface area (Å²) in [6.07, 6.45) is 3.83. The number of anilines is 1. The van der Waals surface area contributed by atoms with Gasteiger partial charge in [0, 0.05) is 29.5 Å². The number of ether oxygens (including phenoxy) is 2. The zero-order chi connectivity index (χ0) is 31.3. The van der Waals surface area contributed by atoms with Crippen LogP contribution in [0.15, 0.2) is 109 Å². The third-order valence-electron chi connectivity index (χ3n) is 7.58. The van der Waals surface area contributed by atoms with Gasteiger partial charge in [-0.15, -0.1) is 0 Å². The van der Waals surface area contributed by atoms with Crippen LogP contribution in [0.4, 0.5) is 10.5 Å². The fraction of sp³-hybridized carbons (Fsp3) is 0.250. The molecule has 45 heavy (non-hydrogen) atoms. The number of H-pyrrole nitrogens is 1. The number of fused-ring (bicyclic) bond motifs is 1. The molecule has 5 aromatic rings. The van der Waals surface area contributed by atoms with Gasteiger partial charge in [0.25, 0.3) is 0 Å². The van der Waals surface area contributed by atoms with Crippen LogP contribution in [0, 0.1) is 0 Å². The fourth-order valence-corrected chi connectivity index (χ4v) is 5.20. The Labute approximate surface area is 263 Å². The number of aryl methyl sites for hydroxylation is 1. The highest BCUT2D eigenvalue weighted by Crippen LogP contribution is 2.24. The first-order valence-electron chi connectivity index (χ1n) is 15.1. The molecule has 2 amide bonds. The van der Waals surface area contributed by atoms with Crippen molar-refractivity contribution in [2.45, 2.75) is 31.4 Å². The maximum Gasteiger partial charge on any atom is 0.407 e. The zero-order valence-electron chi connectivity index (χ0n) is 25.4. The highest BCUT2D eigenvalue weighted by atomic mass is 16.5. The molecule has 9 nitrogen and oxygen atoms in total. The van der Waals surface area contributed by atoms with Crippen LogP contribution < -0.4 is 16.0 Å². The lowest BCUT2D eigenvalue weighted by molar-refractivity contribution is -0.115. The Morgan fingerprint density at radius 1 is 0.933 bits per heavy atom. The molecule has 0 unspecified atom stereocenters. The van der Waals surface area contributed by atoms with Crippen molar-refractivity contribution in [3.8, 4) is 0 Å². The van der Waals surface area contributed by atoms with Crippen LogP contribution in [0.3, 0.4) is 0 Å². The Morgan fingerprint density at radius 3 is 2.31 bits per heavy atom. The lowest BCUT2D eigenvalue weighted by Gasteiger charge is -2.30. The summed E-state index contributed by atoms with van der Waals surface area (Å²) in [6.45, 7) is 1.17. The quantitative estimate of drug-likeness (QED) is 0.169. The maximum absolute atomic E-state index is 12.1. The van der Waals surface area contributed by atoms with Gasteiger partial charge in [0.2, 0.25) is 5.91 Å². The minimum atomic E-state index is -0.641. The zero-order valence-corrected chi connectivity index (χ0v) is 25.4. The molecule has 3 heterocycles. The van der Waals surface area contributed by atoms with E-state index in [1.54, 1.807) is 6.20 Å². The number of aromatic nitrogens is 2. The van der Waals surface area contributed by atoms with E-state index >= 15 is 0 Å². The SMILES string of the molecule is COC(=O)NCC(=O)Nc1ccccc1CC[C@@H]1CN[C@H](c2cc3cccnc3[nH]2)CO1.c1ccc(Cc2ccccc2)cc1. The Kier molecular flexibility index (Phi) is 11.3. The van der Waals surface area contributed by atoms with E-state index in [1.807, 2.05) is 36.4 Å². The van der Waals surface area contributed by atoms with E-state index in [1.165, 1.54) is 18.2 Å². The van der Waals surface area contributed by atoms with Gasteiger partial charge >= 0.3 is 6.09 Å². The monoisotopic (exact) mass is 605 g/mol. The van der Waals surface area contributed by atoms with Gasteiger partial charge < -0.3 is 30.4 Å². The molecule has 0 bridgehead atoms. The first-order chi connectivity index (χ1) is 22.1. The van der Waals surface area contributed by atoms with Gasteiger partial charge in [-0.05, 0) is 60.2 Å². The molecule has 3 aromatic carbocycles. The number of pyridine rings is 1. The molecule has 1 saturated heterocycles. The van der Waals surface area contributed by atoms with E-state index in [-0.39, 0.29) is 24.6 Å². The van der Waals surface area contributed by atoms with E-state index in [0.717, 1.165) is 53.8 Å². The van der Waals surface area contributed by atoms with Crippen LogP contribution >= 0.6 is 0 Å². The summed E-state index contributed by atoms with van der Waals surface area (Å²) in [4.78, 5) is 30.9. The second-order valence-corrected chi connectivity index (χ2v) is 10.8. The van der Waals surface area contributed by atoms with Crippen molar-refractivity contribution in [3.05, 3.63) is 132 Å². The molecule has 1 fully saturated rings. The molecular weight excluding hydrogens is 566 g/mol. The van der Waals surface area contributed by atoms with E-state index in [4.69, 9.17) is 4.74 Å². The van der Waals surface area contributed by atoms with Crippen LogP contribution in [0.2, 0.25) is 0 Å². The number of carbonyl (C=O) groups excluding carboxylic acids is 2. The first kappa shape index (κ1) is 31.4. The minimum Gasteiger partial charge on any atom is -0.453 e. The van der Waals surface area contributed by atoms with Crippen molar-refractivity contribution in [3.63, 3.8) is 0 Å². The summed E-state index contributed by atoms with van der Waals surface area (Å²) in [6, 6.07) is 34.9. The van der Waals surface area contributed by atoms with E-state index < -0.39 is 6.09 Å². The normalized spacial score (nSPS) is 15.8. The highest BCUT2D eigenvalue weighted by molar-refractivity contribution is 5.94. The van der Waals surface area contributed by atoms with Crippen LogP contribution in [0.5, 0.6) is 0 Å². The standard InChI is InChI=1S/C23H27N5O4.C13H12/c1-31-23(30)26-13-21(29)27-18-7-3-2-5-15(18)8-9-17-12-25-20(14-32-17)19-11-16-6-4-10-24-22(16)28-19;1-3-7-12(8-4-1)11-13-9-5-2-6-10-13/h2-7,10-11,17,20,25H,8-9,12-14H2,1H3,(H,24,28)(H,26,30)(H,27,29);1-10H,11H2/t17-,20+;/m1./s1. The number of morpholine rings is 1. The third kappa shape index (κ3) is 9.50. The van der Waals surface area contributed by atoms with Crippen molar-refractivity contribution in [1.29, 1.82) is 0 Å². The number of carbonyl (C=O) groups is 2. The number of hydrogen-bond acceptors (Lipinski definition) is 6. The Morgan fingerprint density at radius 2 is 1.64 bits per heavy atom. The fourth-order valence-electron chi connectivity index (χ4n) is 5.20. The van der Waals surface area contributed by atoms with Crippen molar-refractivity contribution >= 4 is 28.7 Å². The van der Waals surface area contributed by atoms with Gasteiger partial charge in [0.15, 0.2) is 0 Å². The lowest BCUT2D eigenvalue weighted by Crippen LogP contribution is -2.41. The summed E-state index contributed by atoms with van der Waals surface area (Å²) >= 11 is 0. The lowest BCUT2D eigenvalue weighted by atomic mass is 10.0. The Bertz CT molecular complexity index is 1580. The predicted molar refractivity (Wildman–Crippen MR) is 176 cm³/mol. The summed E-state index contributed by atoms with van der Waals surface area (Å²) < 4.78 is 10.6. The smallest absolute Gasteiger partial charge is 0.407 e. The van der Waals surface area contributed by atoms with Gasteiger partial charge in [-0.2, -0.15) is 0 Å². The summed E-state index contributed by atoms with van der Waals surface area (Å²) in [5, 5.41) is 9.86. The van der Waals surface area contributed by atoms with Crippen LogP contribution in [0.1, 0.15) is 34.8 Å². The molecule has 0 radical (unpaired) electrons. The molecule has 0 aliphatic carbocycles. The van der Waals surface area contributed by atoms with E-state index in [2.05, 4.69) is 97.4 Å². The number of rotatable bonds is 9. The molecule has 232 valence electrons. The molecule has 0 spiro atoms. The Hall–Kier alpha value is -4.99. The van der Waals surface area contributed by atoms with Crippen molar-refractivity contribution < 1.29 is 19.1 Å². The number of nitrogens with one attached hydrogen (secondary N) is 4. The number of nitrogens with zero attached hydrogens (tertiary/aromatic N) is 1. The third-order valence-corrected chi connectivity index (χ3v) is 7.58. The second kappa shape index (κ2) is 16.2. The highest BCUT2D eigenvalue weighted by Gasteiger charge is 2.24. The summed E-state index contributed by atoms with van der Waals surface area (Å²) in [5.74, 6) is -0.311. The van der Waals surface area contributed by atoms with Gasteiger partial charge in [0.05, 0.1) is 25.9 Å². The molecular formula is C36H39N5O4. The minimum absolute atomic E-state index is 0.0819. The molecule has 2 atom stereocenters. The van der Waals surface area contributed by atoms with Crippen LogP contribution in [-0.2, 0) is 27.1 Å². The number of hydrogen-bond donors (Lipinski definition) is 4. The number of amides is 2.